The molecule has 0 aliphatic heterocycles. The lowest BCUT2D eigenvalue weighted by Gasteiger charge is -2.28. The third-order valence-corrected chi connectivity index (χ3v) is 6.59. The van der Waals surface area contributed by atoms with Gasteiger partial charge in [0.1, 0.15) is 5.82 Å². The predicted molar refractivity (Wildman–Crippen MR) is 133 cm³/mol. The van der Waals surface area contributed by atoms with Crippen molar-refractivity contribution in [3.05, 3.63) is 78.1 Å². The van der Waals surface area contributed by atoms with E-state index >= 15 is 0 Å². The Bertz CT molecular complexity index is 1340. The number of nitrogens with one attached hydrogen (secondary N) is 3. The maximum absolute atomic E-state index is 13.4. The number of pyridine rings is 1. The molecule has 1 fully saturated rings. The number of fused-ring (bicyclic) bond motifs is 1. The number of alkyl halides is 2. The van der Waals surface area contributed by atoms with Crippen LogP contribution in [0.3, 0.4) is 0 Å². The lowest BCUT2D eigenvalue weighted by molar-refractivity contribution is -0.0382. The molecule has 180 valence electrons. The maximum atomic E-state index is 13.4. The summed E-state index contributed by atoms with van der Waals surface area (Å²) < 4.78 is 26.8. The van der Waals surface area contributed by atoms with Crippen LogP contribution >= 0.6 is 0 Å². The van der Waals surface area contributed by atoms with Gasteiger partial charge < -0.3 is 15.4 Å². The highest BCUT2D eigenvalue weighted by atomic mass is 19.3. The molecule has 0 radical (unpaired) electrons. The van der Waals surface area contributed by atoms with Gasteiger partial charge in [0.05, 0.1) is 12.3 Å². The highest BCUT2D eigenvalue weighted by Crippen LogP contribution is 2.40. The lowest BCUT2D eigenvalue weighted by Crippen LogP contribution is -2.23. The van der Waals surface area contributed by atoms with Crippen molar-refractivity contribution in [2.75, 3.05) is 10.6 Å². The summed E-state index contributed by atoms with van der Waals surface area (Å²) in [5, 5.41) is 15.9. The van der Waals surface area contributed by atoms with Crippen molar-refractivity contribution in [1.29, 1.82) is 0 Å². The number of urea groups is 1. The highest BCUT2D eigenvalue weighted by molar-refractivity contribution is 6.06. The number of benzene rings is 2. The zero-order chi connectivity index (χ0) is 24.4. The van der Waals surface area contributed by atoms with Crippen LogP contribution in [-0.4, -0.2) is 27.0 Å². The smallest absolute Gasteiger partial charge is 0.324 e. The Kier molecular flexibility index (Phi) is 6.21. The number of H-pyrrole nitrogens is 1. The molecule has 2 aromatic carbocycles. The average Bonchev–Trinajstić information content (AvgIpc) is 3.26. The van der Waals surface area contributed by atoms with Crippen LogP contribution in [0.4, 0.5) is 25.1 Å². The van der Waals surface area contributed by atoms with Crippen LogP contribution in [0.25, 0.3) is 22.0 Å². The molecule has 0 saturated heterocycles. The van der Waals surface area contributed by atoms with E-state index in [1.807, 2.05) is 48.5 Å². The number of rotatable bonds is 5. The van der Waals surface area contributed by atoms with Crippen LogP contribution in [0.15, 0.2) is 67.0 Å². The fraction of sp³-hybridized carbons (Fsp3) is 0.259. The van der Waals surface area contributed by atoms with E-state index in [1.54, 1.807) is 18.5 Å². The van der Waals surface area contributed by atoms with Gasteiger partial charge in [0.2, 0.25) is 5.92 Å². The molecule has 0 spiro atoms. The number of amides is 2. The molecule has 4 aromatic rings. The van der Waals surface area contributed by atoms with Crippen molar-refractivity contribution in [2.45, 2.75) is 44.1 Å². The van der Waals surface area contributed by atoms with E-state index in [9.17, 15) is 18.7 Å². The summed E-state index contributed by atoms with van der Waals surface area (Å²) in [6, 6.07) is 16.7. The Morgan fingerprint density at radius 1 is 1.06 bits per heavy atom. The quantitative estimate of drug-likeness (QED) is 0.260. The van der Waals surface area contributed by atoms with E-state index in [0.29, 0.717) is 24.3 Å². The summed E-state index contributed by atoms with van der Waals surface area (Å²) in [7, 11) is 0. The minimum absolute atomic E-state index is 0.0289. The summed E-state index contributed by atoms with van der Waals surface area (Å²) >= 11 is 0. The summed E-state index contributed by atoms with van der Waals surface area (Å²) in [4.78, 5) is 20.1. The van der Waals surface area contributed by atoms with Crippen LogP contribution < -0.4 is 10.6 Å². The fourth-order valence-electron chi connectivity index (χ4n) is 4.62. The molecule has 35 heavy (non-hydrogen) atoms. The van der Waals surface area contributed by atoms with Crippen molar-refractivity contribution in [3.63, 3.8) is 0 Å². The molecule has 2 aromatic heterocycles. The minimum Gasteiger partial charge on any atom is -0.392 e. The van der Waals surface area contributed by atoms with Gasteiger partial charge in [-0.3, -0.25) is 5.32 Å². The first kappa shape index (κ1) is 23.0. The molecule has 1 aliphatic carbocycles. The molecule has 2 heterocycles. The molecular weight excluding hydrogens is 450 g/mol. The van der Waals surface area contributed by atoms with Crippen molar-refractivity contribution in [3.8, 4) is 11.1 Å². The molecular formula is C27H26F2N4O2. The number of hydrogen-bond donors (Lipinski definition) is 4. The molecule has 0 atom stereocenters. The van der Waals surface area contributed by atoms with E-state index in [4.69, 9.17) is 0 Å². The van der Waals surface area contributed by atoms with E-state index < -0.39 is 12.0 Å². The number of hydrogen-bond acceptors (Lipinski definition) is 3. The summed E-state index contributed by atoms with van der Waals surface area (Å²) in [6.07, 6.45) is 4.07. The van der Waals surface area contributed by atoms with Gasteiger partial charge in [0, 0.05) is 36.1 Å². The number of aromatic nitrogens is 2. The number of aliphatic hydroxyl groups excluding tert-OH is 1. The van der Waals surface area contributed by atoms with Gasteiger partial charge in [-0.2, -0.15) is 0 Å². The van der Waals surface area contributed by atoms with Gasteiger partial charge in [-0.1, -0.05) is 30.3 Å². The number of aliphatic hydroxyl groups is 1. The van der Waals surface area contributed by atoms with Crippen LogP contribution in [-0.2, 0) is 6.61 Å². The third-order valence-electron chi connectivity index (χ3n) is 6.59. The predicted octanol–water partition coefficient (Wildman–Crippen LogP) is 6.66. The van der Waals surface area contributed by atoms with Gasteiger partial charge >= 0.3 is 6.03 Å². The Morgan fingerprint density at radius 2 is 1.86 bits per heavy atom. The fourth-order valence-corrected chi connectivity index (χ4v) is 4.62. The SMILES string of the molecule is O=C(Nc1ccc(C2CCC(F)(F)CC2)cn1)Nc1c[nH]c2ccc(-c3cccc(CO)c3)cc12. The number of nitrogens with zero attached hydrogens (tertiary/aromatic N) is 1. The van der Waals surface area contributed by atoms with E-state index in [1.165, 1.54) is 0 Å². The molecule has 2 amide bonds. The number of carbonyl (C=O) groups is 1. The number of carbonyl (C=O) groups excluding carboxylic acids is 1. The Balaban J connectivity index is 1.26. The summed E-state index contributed by atoms with van der Waals surface area (Å²) in [5.41, 5.74) is 5.19. The second-order valence-corrected chi connectivity index (χ2v) is 9.01. The molecule has 6 nitrogen and oxygen atoms in total. The van der Waals surface area contributed by atoms with Gasteiger partial charge in [-0.25, -0.2) is 18.6 Å². The first-order valence-electron chi connectivity index (χ1n) is 11.6. The molecule has 5 rings (SSSR count). The van der Waals surface area contributed by atoms with E-state index in [-0.39, 0.29) is 25.4 Å². The van der Waals surface area contributed by atoms with Crippen molar-refractivity contribution in [1.82, 2.24) is 9.97 Å². The maximum Gasteiger partial charge on any atom is 0.324 e. The molecule has 0 unspecified atom stereocenters. The van der Waals surface area contributed by atoms with Crippen LogP contribution in [0.1, 0.15) is 42.7 Å². The Morgan fingerprint density at radius 3 is 2.60 bits per heavy atom. The summed E-state index contributed by atoms with van der Waals surface area (Å²) in [6.45, 7) is -0.0289. The van der Waals surface area contributed by atoms with Crippen molar-refractivity contribution in [2.24, 2.45) is 0 Å². The molecule has 4 N–H and O–H groups in total. The normalized spacial score (nSPS) is 15.7. The third kappa shape index (κ3) is 5.17. The minimum atomic E-state index is -2.56. The largest absolute Gasteiger partial charge is 0.392 e. The number of halogens is 2. The van der Waals surface area contributed by atoms with E-state index in [0.717, 1.165) is 33.2 Å². The zero-order valence-corrected chi connectivity index (χ0v) is 19.0. The first-order chi connectivity index (χ1) is 16.9. The zero-order valence-electron chi connectivity index (χ0n) is 19.0. The molecule has 0 bridgehead atoms. The second-order valence-electron chi connectivity index (χ2n) is 9.01. The van der Waals surface area contributed by atoms with Gasteiger partial charge in [0.25, 0.3) is 0 Å². The monoisotopic (exact) mass is 476 g/mol. The van der Waals surface area contributed by atoms with Crippen molar-refractivity contribution >= 4 is 28.4 Å². The topological polar surface area (TPSA) is 90.0 Å². The molecule has 8 heteroatoms. The van der Waals surface area contributed by atoms with Crippen LogP contribution in [0, 0.1) is 0 Å². The van der Waals surface area contributed by atoms with E-state index in [2.05, 4.69) is 20.6 Å². The van der Waals surface area contributed by atoms with Crippen LogP contribution in [0.5, 0.6) is 0 Å². The van der Waals surface area contributed by atoms with Gasteiger partial charge in [-0.05, 0) is 65.3 Å². The number of anilines is 2. The number of aromatic amines is 1. The molecule has 1 saturated carbocycles. The lowest BCUT2D eigenvalue weighted by atomic mass is 9.83. The summed E-state index contributed by atoms with van der Waals surface area (Å²) in [5.74, 6) is -2.10. The average molecular weight is 477 g/mol. The second kappa shape index (κ2) is 9.46. The Hall–Kier alpha value is -3.78. The Labute approximate surface area is 201 Å². The van der Waals surface area contributed by atoms with Gasteiger partial charge in [0.15, 0.2) is 0 Å². The van der Waals surface area contributed by atoms with Gasteiger partial charge in [-0.15, -0.1) is 0 Å². The first-order valence-corrected chi connectivity index (χ1v) is 11.6. The van der Waals surface area contributed by atoms with Crippen molar-refractivity contribution < 1.29 is 18.7 Å². The molecule has 1 aliphatic rings. The highest BCUT2D eigenvalue weighted by Gasteiger charge is 2.35. The van der Waals surface area contributed by atoms with Crippen LogP contribution in [0.2, 0.25) is 0 Å². The standard InChI is InChI=1S/C27H26F2N4O2/c28-27(29)10-8-18(9-11-27)21-5-7-25(31-14-21)33-26(35)32-24-15-30-23-6-4-20(13-22(23)24)19-3-1-2-17(12-19)16-34/h1-7,12-15,18,30,34H,8-11,16H2,(H2,31,32,33,35).